The van der Waals surface area contributed by atoms with Crippen molar-refractivity contribution < 1.29 is 28.6 Å². The smallest absolute Gasteiger partial charge is 0.335 e. The maximum absolute atomic E-state index is 11.9. The summed E-state index contributed by atoms with van der Waals surface area (Å²) in [5.41, 5.74) is 1.64. The Bertz CT molecular complexity index is 845. The molecule has 0 saturated heterocycles. The van der Waals surface area contributed by atoms with Crippen molar-refractivity contribution in [2.75, 3.05) is 0 Å². The van der Waals surface area contributed by atoms with Gasteiger partial charge in [-0.25, -0.2) is 13.6 Å². The Morgan fingerprint density at radius 3 is 2.00 bits per heavy atom. The Kier molecular flexibility index (Phi) is 8.06. The highest BCUT2D eigenvalue weighted by Crippen LogP contribution is 2.45. The number of aromatic carboxylic acids is 1. The first-order chi connectivity index (χ1) is 14.2. The Labute approximate surface area is 174 Å². The van der Waals surface area contributed by atoms with E-state index in [1.54, 1.807) is 24.3 Å². The van der Waals surface area contributed by atoms with Crippen LogP contribution in [0.15, 0.2) is 48.5 Å². The molecule has 0 aromatic heterocycles. The second-order valence-electron chi connectivity index (χ2n) is 7.81. The van der Waals surface area contributed by atoms with Gasteiger partial charge in [0.05, 0.1) is 17.7 Å². The van der Waals surface area contributed by atoms with E-state index in [0.717, 1.165) is 18.4 Å². The molecule has 7 heteroatoms. The number of aliphatic hydroxyl groups is 1. The molecule has 1 saturated carbocycles. The van der Waals surface area contributed by atoms with Gasteiger partial charge in [-0.05, 0) is 42.0 Å². The monoisotopic (exact) mass is 419 g/mol. The molecule has 30 heavy (non-hydrogen) atoms. The number of hydrogen-bond donors (Lipinski definition) is 3. The van der Waals surface area contributed by atoms with Crippen molar-refractivity contribution >= 4 is 11.9 Å². The highest BCUT2D eigenvalue weighted by atomic mass is 19.3. The number of carbonyl (C=O) groups is 2. The lowest BCUT2D eigenvalue weighted by Gasteiger charge is -2.19. The van der Waals surface area contributed by atoms with Crippen molar-refractivity contribution in [2.24, 2.45) is 5.92 Å². The number of alkyl halides is 2. The summed E-state index contributed by atoms with van der Waals surface area (Å²) in [7, 11) is 0. The van der Waals surface area contributed by atoms with Crippen LogP contribution in [0, 0.1) is 5.92 Å². The van der Waals surface area contributed by atoms with E-state index in [9.17, 15) is 18.4 Å². The van der Waals surface area contributed by atoms with Crippen molar-refractivity contribution in [3.05, 3.63) is 70.8 Å². The molecule has 162 valence electrons. The van der Waals surface area contributed by atoms with Gasteiger partial charge in [0, 0.05) is 12.0 Å². The minimum atomic E-state index is -2.43. The van der Waals surface area contributed by atoms with E-state index in [0.29, 0.717) is 17.9 Å². The first-order valence-corrected chi connectivity index (χ1v) is 9.79. The second kappa shape index (κ2) is 10.3. The van der Waals surface area contributed by atoms with Crippen LogP contribution in [-0.4, -0.2) is 22.1 Å². The lowest BCUT2D eigenvalue weighted by molar-refractivity contribution is -0.122. The number of carboxylic acids is 1. The number of rotatable bonds is 7. The zero-order valence-electron chi connectivity index (χ0n) is 17.1. The summed E-state index contributed by atoms with van der Waals surface area (Å²) >= 11 is 0. The SMILES string of the molecule is CC(C)CC(=O)NC1(c2ccc(C(=O)O)cc2)CC1.OCc1ccc(C(F)F)cc1. The Balaban J connectivity index is 0.000000248. The predicted octanol–water partition coefficient (Wildman–Crippen LogP) is 4.65. The normalized spacial score (nSPS) is 14.1. The van der Waals surface area contributed by atoms with Gasteiger partial charge in [0.1, 0.15) is 0 Å². The number of nitrogens with one attached hydrogen (secondary N) is 1. The van der Waals surface area contributed by atoms with Crippen molar-refractivity contribution in [1.29, 1.82) is 0 Å². The van der Waals surface area contributed by atoms with Gasteiger partial charge in [0.25, 0.3) is 6.43 Å². The summed E-state index contributed by atoms with van der Waals surface area (Å²) in [6, 6.07) is 12.4. The summed E-state index contributed by atoms with van der Waals surface area (Å²) in [5, 5.41) is 20.5. The summed E-state index contributed by atoms with van der Waals surface area (Å²) in [5.74, 6) is -0.528. The third-order valence-electron chi connectivity index (χ3n) is 4.82. The van der Waals surface area contributed by atoms with Crippen LogP contribution >= 0.6 is 0 Å². The molecule has 0 heterocycles. The van der Waals surface area contributed by atoms with Gasteiger partial charge >= 0.3 is 5.97 Å². The third-order valence-corrected chi connectivity index (χ3v) is 4.82. The number of halogens is 2. The molecule has 3 N–H and O–H groups in total. The van der Waals surface area contributed by atoms with Gasteiger partial charge in [0.2, 0.25) is 5.91 Å². The van der Waals surface area contributed by atoms with E-state index in [4.69, 9.17) is 10.2 Å². The summed E-state index contributed by atoms with van der Waals surface area (Å²) in [4.78, 5) is 22.7. The van der Waals surface area contributed by atoms with Gasteiger partial charge in [0.15, 0.2) is 0 Å². The topological polar surface area (TPSA) is 86.6 Å². The first kappa shape index (κ1) is 23.5. The quantitative estimate of drug-likeness (QED) is 0.610. The number of aliphatic hydroxyl groups excluding tert-OH is 1. The molecule has 3 rings (SSSR count). The molecule has 5 nitrogen and oxygen atoms in total. The number of hydrogen-bond acceptors (Lipinski definition) is 3. The molecule has 1 aliphatic carbocycles. The number of carboxylic acid groups (broad SMARTS) is 1. The van der Waals surface area contributed by atoms with Crippen molar-refractivity contribution in [3.8, 4) is 0 Å². The number of amides is 1. The van der Waals surface area contributed by atoms with Gasteiger partial charge in [-0.3, -0.25) is 4.79 Å². The lowest BCUT2D eigenvalue weighted by Crippen LogP contribution is -2.35. The lowest BCUT2D eigenvalue weighted by atomic mass is 10.0. The minimum absolute atomic E-state index is 0.0119. The zero-order valence-corrected chi connectivity index (χ0v) is 17.1. The van der Waals surface area contributed by atoms with E-state index >= 15 is 0 Å². The average Bonchev–Trinajstić information content (AvgIpc) is 3.48. The third kappa shape index (κ3) is 6.62. The van der Waals surface area contributed by atoms with Crippen LogP contribution in [0.1, 0.15) is 66.6 Å². The molecule has 0 aliphatic heterocycles. The average molecular weight is 419 g/mol. The van der Waals surface area contributed by atoms with Gasteiger partial charge in [-0.15, -0.1) is 0 Å². The molecule has 0 radical (unpaired) electrons. The van der Waals surface area contributed by atoms with Crippen LogP contribution in [0.2, 0.25) is 0 Å². The summed E-state index contributed by atoms with van der Waals surface area (Å²) in [6.07, 6.45) is -0.0655. The van der Waals surface area contributed by atoms with Gasteiger partial charge in [-0.1, -0.05) is 50.2 Å². The summed E-state index contributed by atoms with van der Waals surface area (Å²) in [6.45, 7) is 3.92. The van der Waals surface area contributed by atoms with Crippen molar-refractivity contribution in [3.63, 3.8) is 0 Å². The molecule has 1 amide bonds. The molecule has 0 spiro atoms. The Morgan fingerprint density at radius 2 is 1.60 bits per heavy atom. The molecule has 0 unspecified atom stereocenters. The fourth-order valence-corrected chi connectivity index (χ4v) is 3.00. The largest absolute Gasteiger partial charge is 0.478 e. The Morgan fingerprint density at radius 1 is 1.03 bits per heavy atom. The van der Waals surface area contributed by atoms with Crippen molar-refractivity contribution in [1.82, 2.24) is 5.32 Å². The fourth-order valence-electron chi connectivity index (χ4n) is 3.00. The van der Waals surface area contributed by atoms with Crippen LogP contribution in [0.25, 0.3) is 0 Å². The predicted molar refractivity (Wildman–Crippen MR) is 109 cm³/mol. The van der Waals surface area contributed by atoms with E-state index in [1.165, 1.54) is 24.3 Å². The van der Waals surface area contributed by atoms with Gasteiger partial charge < -0.3 is 15.5 Å². The number of carbonyl (C=O) groups excluding carboxylic acids is 1. The molecular formula is C23H27F2NO4. The van der Waals surface area contributed by atoms with E-state index in [1.807, 2.05) is 13.8 Å². The van der Waals surface area contributed by atoms with Crippen LogP contribution in [0.3, 0.4) is 0 Å². The molecule has 2 aromatic carbocycles. The molecule has 1 aliphatic rings. The van der Waals surface area contributed by atoms with E-state index in [2.05, 4.69) is 5.32 Å². The highest BCUT2D eigenvalue weighted by molar-refractivity contribution is 5.87. The fraction of sp³-hybridized carbons (Fsp3) is 0.391. The standard InChI is InChI=1S/C15H19NO3.C8H8F2O/c1-10(2)9-13(17)16-15(7-8-15)12-5-3-11(4-6-12)14(18)19;9-8(10)7-3-1-6(5-11)2-4-7/h3-6,10H,7-9H2,1-2H3,(H,16,17)(H,18,19);1-4,8,11H,5H2. The van der Waals surface area contributed by atoms with Crippen LogP contribution < -0.4 is 5.32 Å². The maximum Gasteiger partial charge on any atom is 0.335 e. The maximum atomic E-state index is 11.9. The van der Waals surface area contributed by atoms with Gasteiger partial charge in [-0.2, -0.15) is 0 Å². The minimum Gasteiger partial charge on any atom is -0.478 e. The molecule has 2 aromatic rings. The molecular weight excluding hydrogens is 392 g/mol. The van der Waals surface area contributed by atoms with Crippen LogP contribution in [0.4, 0.5) is 8.78 Å². The first-order valence-electron chi connectivity index (χ1n) is 9.79. The zero-order chi connectivity index (χ0) is 22.3. The number of benzene rings is 2. The highest BCUT2D eigenvalue weighted by Gasteiger charge is 2.45. The van der Waals surface area contributed by atoms with Crippen molar-refractivity contribution in [2.45, 2.75) is 51.7 Å². The van der Waals surface area contributed by atoms with Crippen LogP contribution in [-0.2, 0) is 16.9 Å². The molecule has 0 bridgehead atoms. The van der Waals surface area contributed by atoms with E-state index in [-0.39, 0.29) is 29.2 Å². The summed E-state index contributed by atoms with van der Waals surface area (Å²) < 4.78 is 23.9. The van der Waals surface area contributed by atoms with Crippen LogP contribution in [0.5, 0.6) is 0 Å². The second-order valence-corrected chi connectivity index (χ2v) is 7.81. The van der Waals surface area contributed by atoms with E-state index < -0.39 is 12.4 Å². The molecule has 1 fully saturated rings. The Hall–Kier alpha value is -2.80. The molecule has 0 atom stereocenters.